The van der Waals surface area contributed by atoms with E-state index >= 15 is 0 Å². The van der Waals surface area contributed by atoms with Crippen LogP contribution in [0.1, 0.15) is 19.8 Å². The van der Waals surface area contributed by atoms with E-state index in [4.69, 9.17) is 11.6 Å². The molecule has 0 aliphatic heterocycles. The molecule has 66 valence electrons. The SMILES string of the molecule is CCCC(=O)Cl.c1ccccc1. The molecule has 12 heavy (non-hydrogen) atoms. The summed E-state index contributed by atoms with van der Waals surface area (Å²) in [5.41, 5.74) is 0. The maximum absolute atomic E-state index is 9.81. The molecule has 0 bridgehead atoms. The summed E-state index contributed by atoms with van der Waals surface area (Å²) in [6.45, 7) is 1.92. The van der Waals surface area contributed by atoms with Gasteiger partial charge in [-0.15, -0.1) is 0 Å². The second-order valence-corrected chi connectivity index (χ2v) is 2.68. The molecule has 0 fully saturated rings. The average Bonchev–Trinajstić information content (AvgIpc) is 2.08. The molecule has 1 aromatic rings. The van der Waals surface area contributed by atoms with Gasteiger partial charge in [0.2, 0.25) is 5.24 Å². The summed E-state index contributed by atoms with van der Waals surface area (Å²) < 4.78 is 0. The normalized spacial score (nSPS) is 8.17. The van der Waals surface area contributed by atoms with Gasteiger partial charge in [0, 0.05) is 6.42 Å². The molecule has 0 aliphatic carbocycles. The van der Waals surface area contributed by atoms with Crippen LogP contribution in [0.2, 0.25) is 0 Å². The van der Waals surface area contributed by atoms with Gasteiger partial charge in [-0.1, -0.05) is 43.3 Å². The van der Waals surface area contributed by atoms with Crippen molar-refractivity contribution in [2.75, 3.05) is 0 Å². The highest BCUT2D eigenvalue weighted by Gasteiger charge is 1.87. The average molecular weight is 185 g/mol. The van der Waals surface area contributed by atoms with Crippen molar-refractivity contribution in [1.82, 2.24) is 0 Å². The molecule has 1 aromatic carbocycles. The van der Waals surface area contributed by atoms with Crippen LogP contribution in [0.3, 0.4) is 0 Å². The Morgan fingerprint density at radius 1 is 1.08 bits per heavy atom. The molecule has 0 N–H and O–H groups in total. The molecule has 1 nitrogen and oxygen atoms in total. The molecule has 2 heteroatoms. The Hall–Kier alpha value is -0.820. The predicted octanol–water partition coefficient (Wildman–Crippen LogP) is 3.24. The van der Waals surface area contributed by atoms with Crippen LogP contribution in [0.15, 0.2) is 36.4 Å². The maximum Gasteiger partial charge on any atom is 0.221 e. The largest absolute Gasteiger partial charge is 0.281 e. The van der Waals surface area contributed by atoms with Crippen molar-refractivity contribution in [3.8, 4) is 0 Å². The number of benzene rings is 1. The first-order valence-electron chi connectivity index (χ1n) is 3.95. The minimum Gasteiger partial charge on any atom is -0.281 e. The first-order valence-corrected chi connectivity index (χ1v) is 4.33. The Morgan fingerprint density at radius 2 is 1.42 bits per heavy atom. The van der Waals surface area contributed by atoms with Crippen LogP contribution in [-0.4, -0.2) is 5.24 Å². The highest BCUT2D eigenvalue weighted by molar-refractivity contribution is 6.63. The monoisotopic (exact) mass is 184 g/mol. The fourth-order valence-electron chi connectivity index (χ4n) is 0.581. The summed E-state index contributed by atoms with van der Waals surface area (Å²) in [5, 5.41) is -0.238. The van der Waals surface area contributed by atoms with Crippen LogP contribution in [0.25, 0.3) is 0 Å². The van der Waals surface area contributed by atoms with Gasteiger partial charge >= 0.3 is 0 Å². The third kappa shape index (κ3) is 9.18. The van der Waals surface area contributed by atoms with E-state index in [1.165, 1.54) is 0 Å². The Morgan fingerprint density at radius 3 is 1.50 bits per heavy atom. The Kier molecular flexibility index (Phi) is 7.71. The zero-order chi connectivity index (χ0) is 9.23. The van der Waals surface area contributed by atoms with Gasteiger partial charge < -0.3 is 0 Å². The minimum absolute atomic E-state index is 0.238. The maximum atomic E-state index is 9.81. The zero-order valence-electron chi connectivity index (χ0n) is 7.16. The summed E-state index contributed by atoms with van der Waals surface area (Å²) in [7, 11) is 0. The van der Waals surface area contributed by atoms with Gasteiger partial charge in [-0.2, -0.15) is 0 Å². The molecule has 0 aliphatic rings. The van der Waals surface area contributed by atoms with Gasteiger partial charge in [-0.05, 0) is 18.0 Å². The molecule has 0 saturated carbocycles. The first-order chi connectivity index (χ1) is 5.77. The number of halogens is 1. The lowest BCUT2D eigenvalue weighted by Crippen LogP contribution is -1.79. The van der Waals surface area contributed by atoms with Crippen LogP contribution < -0.4 is 0 Å². The molecule has 0 radical (unpaired) electrons. The minimum atomic E-state index is -0.238. The van der Waals surface area contributed by atoms with Crippen LogP contribution in [0.5, 0.6) is 0 Å². The van der Waals surface area contributed by atoms with Crippen molar-refractivity contribution in [2.45, 2.75) is 19.8 Å². The standard InChI is InChI=1S/C6H6.C4H7ClO/c1-2-4-6-5-3-1;1-2-3-4(5)6/h1-6H;2-3H2,1H3. The van der Waals surface area contributed by atoms with E-state index in [2.05, 4.69) is 0 Å². The molecule has 0 amide bonds. The third-order valence-electron chi connectivity index (χ3n) is 1.11. The zero-order valence-corrected chi connectivity index (χ0v) is 7.92. The smallest absolute Gasteiger partial charge is 0.221 e. The van der Waals surface area contributed by atoms with Crippen molar-refractivity contribution in [1.29, 1.82) is 0 Å². The van der Waals surface area contributed by atoms with E-state index in [-0.39, 0.29) is 5.24 Å². The molecule has 0 unspecified atom stereocenters. The molecule has 0 heterocycles. The number of carbonyl (C=O) groups is 1. The predicted molar refractivity (Wildman–Crippen MR) is 52.2 cm³/mol. The van der Waals surface area contributed by atoms with E-state index in [0.29, 0.717) is 6.42 Å². The molecule has 1 rings (SSSR count). The van der Waals surface area contributed by atoms with Crippen LogP contribution >= 0.6 is 11.6 Å². The van der Waals surface area contributed by atoms with Crippen molar-refractivity contribution in [2.24, 2.45) is 0 Å². The van der Waals surface area contributed by atoms with E-state index in [9.17, 15) is 4.79 Å². The summed E-state index contributed by atoms with van der Waals surface area (Å²) in [6.07, 6.45) is 1.35. The van der Waals surface area contributed by atoms with Crippen molar-refractivity contribution >= 4 is 16.8 Å². The number of hydrogen-bond acceptors (Lipinski definition) is 1. The fraction of sp³-hybridized carbons (Fsp3) is 0.300. The third-order valence-corrected chi connectivity index (χ3v) is 1.30. The summed E-state index contributed by atoms with van der Waals surface area (Å²) in [5.74, 6) is 0. The van der Waals surface area contributed by atoms with Crippen molar-refractivity contribution in [3.63, 3.8) is 0 Å². The van der Waals surface area contributed by atoms with E-state index in [1.807, 2.05) is 43.3 Å². The van der Waals surface area contributed by atoms with Gasteiger partial charge in [0.1, 0.15) is 0 Å². The van der Waals surface area contributed by atoms with E-state index in [1.54, 1.807) is 0 Å². The fourth-order valence-corrected chi connectivity index (χ4v) is 0.770. The second-order valence-electron chi connectivity index (χ2n) is 2.26. The molecular formula is C10H13ClO. The Bertz CT molecular complexity index is 170. The number of carbonyl (C=O) groups excluding carboxylic acids is 1. The van der Waals surface area contributed by atoms with Gasteiger partial charge in [0.15, 0.2) is 0 Å². The molecular weight excluding hydrogens is 172 g/mol. The molecule has 0 spiro atoms. The summed E-state index contributed by atoms with van der Waals surface area (Å²) >= 11 is 4.94. The lowest BCUT2D eigenvalue weighted by molar-refractivity contribution is -0.111. The van der Waals surface area contributed by atoms with Gasteiger partial charge in [0.05, 0.1) is 0 Å². The lowest BCUT2D eigenvalue weighted by atomic mass is 10.4. The van der Waals surface area contributed by atoms with Crippen molar-refractivity contribution in [3.05, 3.63) is 36.4 Å². The first kappa shape index (κ1) is 11.2. The number of rotatable bonds is 2. The molecule has 0 atom stereocenters. The van der Waals surface area contributed by atoms with E-state index in [0.717, 1.165) is 6.42 Å². The summed E-state index contributed by atoms with van der Waals surface area (Å²) in [4.78, 5) is 9.81. The molecule has 0 aromatic heterocycles. The van der Waals surface area contributed by atoms with Crippen molar-refractivity contribution < 1.29 is 4.79 Å². The summed E-state index contributed by atoms with van der Waals surface area (Å²) in [6, 6.07) is 12.0. The van der Waals surface area contributed by atoms with Crippen LogP contribution in [0, 0.1) is 0 Å². The quantitative estimate of drug-likeness (QED) is 0.645. The van der Waals surface area contributed by atoms with Crippen LogP contribution in [0.4, 0.5) is 0 Å². The topological polar surface area (TPSA) is 17.1 Å². The van der Waals surface area contributed by atoms with Gasteiger partial charge in [-0.25, -0.2) is 0 Å². The highest BCUT2D eigenvalue weighted by Crippen LogP contribution is 1.90. The van der Waals surface area contributed by atoms with Gasteiger partial charge in [-0.3, -0.25) is 4.79 Å². The Balaban J connectivity index is 0.000000202. The van der Waals surface area contributed by atoms with E-state index < -0.39 is 0 Å². The lowest BCUT2D eigenvalue weighted by Gasteiger charge is -1.77. The molecule has 0 saturated heterocycles. The van der Waals surface area contributed by atoms with Crippen LogP contribution in [-0.2, 0) is 4.79 Å². The number of hydrogen-bond donors (Lipinski definition) is 0. The highest BCUT2D eigenvalue weighted by atomic mass is 35.5. The Labute approximate surface area is 78.4 Å². The van der Waals surface area contributed by atoms with Gasteiger partial charge in [0.25, 0.3) is 0 Å². The second kappa shape index (κ2) is 8.28.